The van der Waals surface area contributed by atoms with Crippen LogP contribution in [0.5, 0.6) is 5.75 Å². The van der Waals surface area contributed by atoms with E-state index < -0.39 is 4.92 Å². The van der Waals surface area contributed by atoms with Crippen molar-refractivity contribution in [2.45, 2.75) is 0 Å². The van der Waals surface area contributed by atoms with E-state index in [0.717, 1.165) is 0 Å². The molecule has 14 heavy (non-hydrogen) atoms. The average Bonchev–Trinajstić information content (AvgIpc) is 2.14. The van der Waals surface area contributed by atoms with Gasteiger partial charge in [0.05, 0.1) is 4.92 Å². The lowest BCUT2D eigenvalue weighted by atomic mass is 10.3. The SMILES string of the molecule is N#CCOc1ccc([N+](=O)[O-])c(Cl)c1. The third-order valence-electron chi connectivity index (χ3n) is 1.42. The maximum absolute atomic E-state index is 10.4. The maximum Gasteiger partial charge on any atom is 0.288 e. The molecule has 0 spiro atoms. The fourth-order valence-electron chi connectivity index (χ4n) is 0.841. The summed E-state index contributed by atoms with van der Waals surface area (Å²) in [5, 5.41) is 18.6. The van der Waals surface area contributed by atoms with Crippen molar-refractivity contribution < 1.29 is 9.66 Å². The standard InChI is InChI=1S/C8H5ClN2O3/c9-7-5-6(14-4-3-10)1-2-8(7)11(12)13/h1-2,5H,4H2. The Kier molecular flexibility index (Phi) is 3.26. The van der Waals surface area contributed by atoms with E-state index in [1.165, 1.54) is 18.2 Å². The van der Waals surface area contributed by atoms with Gasteiger partial charge in [0.15, 0.2) is 6.61 Å². The van der Waals surface area contributed by atoms with Crippen LogP contribution >= 0.6 is 11.6 Å². The van der Waals surface area contributed by atoms with E-state index in [-0.39, 0.29) is 17.3 Å². The number of nitrogens with zero attached hydrogens (tertiary/aromatic N) is 2. The molecular weight excluding hydrogens is 208 g/mol. The normalized spacial score (nSPS) is 9.14. The van der Waals surface area contributed by atoms with E-state index in [9.17, 15) is 10.1 Å². The van der Waals surface area contributed by atoms with Crippen LogP contribution in [-0.4, -0.2) is 11.5 Å². The highest BCUT2D eigenvalue weighted by atomic mass is 35.5. The molecule has 5 nitrogen and oxygen atoms in total. The Morgan fingerprint density at radius 3 is 2.86 bits per heavy atom. The van der Waals surface area contributed by atoms with Gasteiger partial charge in [-0.05, 0) is 6.07 Å². The molecule has 0 saturated heterocycles. The predicted octanol–water partition coefficient (Wildman–Crippen LogP) is 2.15. The Bertz CT molecular complexity index is 400. The number of benzene rings is 1. The minimum atomic E-state index is -0.587. The molecule has 0 radical (unpaired) electrons. The first kappa shape index (κ1) is 10.3. The number of nitriles is 1. The van der Waals surface area contributed by atoms with Crippen LogP contribution in [0.25, 0.3) is 0 Å². The van der Waals surface area contributed by atoms with Gasteiger partial charge in [-0.3, -0.25) is 10.1 Å². The fourth-order valence-corrected chi connectivity index (χ4v) is 1.08. The largest absolute Gasteiger partial charge is 0.479 e. The first-order valence-corrected chi connectivity index (χ1v) is 3.96. The summed E-state index contributed by atoms with van der Waals surface area (Å²) in [5.41, 5.74) is -0.184. The number of nitro benzene ring substituents is 1. The second-order valence-electron chi connectivity index (χ2n) is 2.32. The zero-order valence-electron chi connectivity index (χ0n) is 6.94. The third kappa shape index (κ3) is 2.34. The van der Waals surface area contributed by atoms with Crippen LogP contribution in [0.1, 0.15) is 0 Å². The number of ether oxygens (including phenoxy) is 1. The van der Waals surface area contributed by atoms with Crippen molar-refractivity contribution in [2.24, 2.45) is 0 Å². The summed E-state index contributed by atoms with van der Waals surface area (Å²) in [6.45, 7) is -0.117. The molecule has 0 aliphatic rings. The molecule has 0 N–H and O–H groups in total. The minimum Gasteiger partial charge on any atom is -0.479 e. The molecule has 1 rings (SSSR count). The first-order chi connectivity index (χ1) is 6.65. The molecule has 0 atom stereocenters. The molecule has 0 aliphatic carbocycles. The molecule has 1 aromatic rings. The van der Waals surface area contributed by atoms with E-state index in [0.29, 0.717) is 5.75 Å². The number of nitro groups is 1. The van der Waals surface area contributed by atoms with Gasteiger partial charge in [0, 0.05) is 12.1 Å². The zero-order valence-corrected chi connectivity index (χ0v) is 7.69. The second kappa shape index (κ2) is 4.44. The summed E-state index contributed by atoms with van der Waals surface area (Å²) < 4.78 is 4.90. The summed E-state index contributed by atoms with van der Waals surface area (Å²) >= 11 is 5.60. The zero-order chi connectivity index (χ0) is 10.6. The van der Waals surface area contributed by atoms with Crippen molar-refractivity contribution in [1.82, 2.24) is 0 Å². The summed E-state index contributed by atoms with van der Waals surface area (Å²) in [4.78, 5) is 9.79. The monoisotopic (exact) mass is 212 g/mol. The highest BCUT2D eigenvalue weighted by Gasteiger charge is 2.12. The van der Waals surface area contributed by atoms with Crippen molar-refractivity contribution >= 4 is 17.3 Å². The predicted molar refractivity (Wildman–Crippen MR) is 49.2 cm³/mol. The average molecular weight is 213 g/mol. The number of hydrogen-bond donors (Lipinski definition) is 0. The van der Waals surface area contributed by atoms with E-state index in [1.54, 1.807) is 6.07 Å². The van der Waals surface area contributed by atoms with Crippen LogP contribution in [0, 0.1) is 21.4 Å². The van der Waals surface area contributed by atoms with Gasteiger partial charge in [0.1, 0.15) is 16.8 Å². The maximum atomic E-state index is 10.4. The Hall–Kier alpha value is -1.80. The molecule has 0 aromatic heterocycles. The number of rotatable bonds is 3. The topological polar surface area (TPSA) is 76.2 Å². The molecule has 0 amide bonds. The van der Waals surface area contributed by atoms with E-state index in [1.807, 2.05) is 0 Å². The highest BCUT2D eigenvalue weighted by Crippen LogP contribution is 2.28. The van der Waals surface area contributed by atoms with Gasteiger partial charge in [-0.15, -0.1) is 0 Å². The van der Waals surface area contributed by atoms with Gasteiger partial charge >= 0.3 is 0 Å². The fraction of sp³-hybridized carbons (Fsp3) is 0.125. The molecule has 0 saturated carbocycles. The van der Waals surface area contributed by atoms with Gasteiger partial charge in [0.25, 0.3) is 5.69 Å². The summed E-state index contributed by atoms with van der Waals surface area (Å²) in [6, 6.07) is 5.70. The lowest BCUT2D eigenvalue weighted by Gasteiger charge is -2.01. The van der Waals surface area contributed by atoms with Gasteiger partial charge in [0.2, 0.25) is 0 Å². The van der Waals surface area contributed by atoms with Gasteiger partial charge in [-0.2, -0.15) is 5.26 Å². The molecule has 72 valence electrons. The lowest BCUT2D eigenvalue weighted by Crippen LogP contribution is -1.94. The van der Waals surface area contributed by atoms with E-state index in [2.05, 4.69) is 0 Å². The summed E-state index contributed by atoms with van der Waals surface area (Å²) in [5.74, 6) is 0.335. The first-order valence-electron chi connectivity index (χ1n) is 3.59. The lowest BCUT2D eigenvalue weighted by molar-refractivity contribution is -0.384. The molecule has 6 heteroatoms. The highest BCUT2D eigenvalue weighted by molar-refractivity contribution is 6.32. The molecule has 1 aromatic carbocycles. The molecule has 0 bridgehead atoms. The van der Waals surface area contributed by atoms with Crippen molar-refractivity contribution in [1.29, 1.82) is 5.26 Å². The molecule has 0 fully saturated rings. The quantitative estimate of drug-likeness (QED) is 0.568. The Morgan fingerprint density at radius 1 is 1.64 bits per heavy atom. The van der Waals surface area contributed by atoms with E-state index in [4.69, 9.17) is 21.6 Å². The van der Waals surface area contributed by atoms with Gasteiger partial charge in [-0.1, -0.05) is 11.6 Å². The Labute approximate surface area is 84.6 Å². The van der Waals surface area contributed by atoms with Crippen LogP contribution in [0.4, 0.5) is 5.69 Å². The molecule has 0 heterocycles. The van der Waals surface area contributed by atoms with Crippen molar-refractivity contribution in [3.63, 3.8) is 0 Å². The molecule has 0 aliphatic heterocycles. The van der Waals surface area contributed by atoms with Crippen LogP contribution in [0.15, 0.2) is 18.2 Å². The summed E-state index contributed by atoms with van der Waals surface area (Å²) in [7, 11) is 0. The smallest absolute Gasteiger partial charge is 0.288 e. The molecular formula is C8H5ClN2O3. The van der Waals surface area contributed by atoms with Crippen molar-refractivity contribution in [3.8, 4) is 11.8 Å². The van der Waals surface area contributed by atoms with Crippen molar-refractivity contribution in [2.75, 3.05) is 6.61 Å². The Morgan fingerprint density at radius 2 is 2.36 bits per heavy atom. The van der Waals surface area contributed by atoms with Crippen LogP contribution in [-0.2, 0) is 0 Å². The van der Waals surface area contributed by atoms with Crippen molar-refractivity contribution in [3.05, 3.63) is 33.3 Å². The number of halogens is 1. The van der Waals surface area contributed by atoms with Gasteiger partial charge < -0.3 is 4.74 Å². The minimum absolute atomic E-state index is 0.00885. The molecule has 0 unspecified atom stereocenters. The third-order valence-corrected chi connectivity index (χ3v) is 1.72. The Balaban J connectivity index is 2.90. The number of hydrogen-bond acceptors (Lipinski definition) is 4. The van der Waals surface area contributed by atoms with Crippen LogP contribution in [0.2, 0.25) is 5.02 Å². The van der Waals surface area contributed by atoms with E-state index >= 15 is 0 Å². The van der Waals surface area contributed by atoms with Gasteiger partial charge in [-0.25, -0.2) is 0 Å². The second-order valence-corrected chi connectivity index (χ2v) is 2.72. The van der Waals surface area contributed by atoms with Crippen LogP contribution < -0.4 is 4.74 Å². The van der Waals surface area contributed by atoms with Crippen LogP contribution in [0.3, 0.4) is 0 Å². The summed E-state index contributed by atoms with van der Waals surface area (Å²) in [6.07, 6.45) is 0.